The van der Waals surface area contributed by atoms with E-state index in [4.69, 9.17) is 4.74 Å². The van der Waals surface area contributed by atoms with Crippen LogP contribution in [0.2, 0.25) is 0 Å². The molecular formula is C18H26F2N4O2. The van der Waals surface area contributed by atoms with Gasteiger partial charge in [-0.05, 0) is 12.3 Å². The van der Waals surface area contributed by atoms with Gasteiger partial charge in [0.2, 0.25) is 0 Å². The van der Waals surface area contributed by atoms with Crippen LogP contribution in [-0.4, -0.2) is 77.1 Å². The fourth-order valence-corrected chi connectivity index (χ4v) is 4.04. The Hall–Kier alpha value is -1.54. The van der Waals surface area contributed by atoms with E-state index in [-0.39, 0.29) is 31.8 Å². The van der Waals surface area contributed by atoms with Gasteiger partial charge in [-0.1, -0.05) is 0 Å². The van der Waals surface area contributed by atoms with Crippen LogP contribution in [0.15, 0.2) is 6.20 Å². The van der Waals surface area contributed by atoms with Crippen LogP contribution in [0.1, 0.15) is 35.6 Å². The monoisotopic (exact) mass is 368 g/mol. The molecule has 4 heterocycles. The third-order valence-electron chi connectivity index (χ3n) is 5.71. The van der Waals surface area contributed by atoms with Crippen molar-refractivity contribution in [2.24, 2.45) is 5.92 Å². The number of hydrogen-bond donors (Lipinski definition) is 0. The van der Waals surface area contributed by atoms with Gasteiger partial charge in [0.05, 0.1) is 6.61 Å². The van der Waals surface area contributed by atoms with E-state index in [0.717, 1.165) is 58.1 Å². The lowest BCUT2D eigenvalue weighted by Gasteiger charge is -2.31. The summed E-state index contributed by atoms with van der Waals surface area (Å²) in [6.45, 7) is 5.65. The zero-order chi connectivity index (χ0) is 18.1. The molecule has 0 spiro atoms. The molecule has 2 saturated heterocycles. The zero-order valence-electron chi connectivity index (χ0n) is 15.0. The summed E-state index contributed by atoms with van der Waals surface area (Å²) in [4.78, 5) is 21.1. The van der Waals surface area contributed by atoms with Crippen LogP contribution >= 0.6 is 0 Å². The van der Waals surface area contributed by atoms with Crippen molar-refractivity contribution in [2.75, 3.05) is 45.9 Å². The number of carbonyl (C=O) groups is 1. The smallest absolute Gasteiger partial charge is 0.274 e. The first kappa shape index (κ1) is 17.9. The summed E-state index contributed by atoms with van der Waals surface area (Å²) in [6.07, 6.45) is 3.22. The largest absolute Gasteiger partial charge is 0.381 e. The van der Waals surface area contributed by atoms with Crippen LogP contribution in [-0.2, 0) is 17.7 Å². The molecule has 26 heavy (non-hydrogen) atoms. The maximum atomic E-state index is 13.3. The minimum atomic E-state index is -2.64. The van der Waals surface area contributed by atoms with Gasteiger partial charge in [0.1, 0.15) is 11.5 Å². The van der Waals surface area contributed by atoms with Crippen LogP contribution in [0.5, 0.6) is 0 Å². The Morgan fingerprint density at radius 3 is 2.77 bits per heavy atom. The second-order valence-corrected chi connectivity index (χ2v) is 7.66. The summed E-state index contributed by atoms with van der Waals surface area (Å²) >= 11 is 0. The highest BCUT2D eigenvalue weighted by Gasteiger charge is 2.36. The summed E-state index contributed by atoms with van der Waals surface area (Å²) in [5.74, 6) is -1.33. The lowest BCUT2D eigenvalue weighted by molar-refractivity contribution is -0.0495. The summed E-state index contributed by atoms with van der Waals surface area (Å²) in [7, 11) is 0. The number of hydrogen-bond acceptors (Lipinski definition) is 4. The predicted molar refractivity (Wildman–Crippen MR) is 91.4 cm³/mol. The minimum absolute atomic E-state index is 0.102. The van der Waals surface area contributed by atoms with E-state index >= 15 is 0 Å². The summed E-state index contributed by atoms with van der Waals surface area (Å²) in [5.41, 5.74) is 0.392. The van der Waals surface area contributed by atoms with Crippen molar-refractivity contribution in [1.29, 1.82) is 0 Å². The van der Waals surface area contributed by atoms with Crippen molar-refractivity contribution >= 4 is 5.91 Å². The Balaban J connectivity index is 1.35. The average Bonchev–Trinajstić information content (AvgIpc) is 3.23. The molecule has 3 aliphatic rings. The number of halogens is 2. The van der Waals surface area contributed by atoms with Crippen molar-refractivity contribution in [2.45, 2.75) is 38.2 Å². The molecule has 6 nitrogen and oxygen atoms in total. The first-order chi connectivity index (χ1) is 12.5. The number of ether oxygens (including phenoxy) is 1. The summed E-state index contributed by atoms with van der Waals surface area (Å²) in [5, 5.41) is 0. The number of carbonyl (C=O) groups excluding carboxylic acids is 1. The number of aromatic nitrogens is 2. The van der Waals surface area contributed by atoms with Gasteiger partial charge in [0.25, 0.3) is 11.8 Å². The molecule has 4 rings (SSSR count). The first-order valence-corrected chi connectivity index (χ1v) is 9.53. The molecule has 144 valence electrons. The van der Waals surface area contributed by atoms with Gasteiger partial charge >= 0.3 is 0 Å². The molecule has 0 saturated carbocycles. The molecule has 0 aromatic carbocycles. The van der Waals surface area contributed by atoms with Crippen molar-refractivity contribution < 1.29 is 18.3 Å². The lowest BCUT2D eigenvalue weighted by atomic mass is 10.1. The summed E-state index contributed by atoms with van der Waals surface area (Å²) in [6, 6.07) is 0. The lowest BCUT2D eigenvalue weighted by Crippen LogP contribution is -2.42. The SMILES string of the molecule is O=C(c1cn2c(n1)CCN(CC1CCOC1)CC2)N1CCC(F)(F)CC1. The molecule has 3 aliphatic heterocycles. The molecule has 0 radical (unpaired) electrons. The van der Waals surface area contributed by atoms with E-state index in [1.54, 1.807) is 6.20 Å². The fraction of sp³-hybridized carbons (Fsp3) is 0.778. The number of rotatable bonds is 3. The number of piperidine rings is 1. The normalized spacial score (nSPS) is 26.5. The van der Waals surface area contributed by atoms with Crippen molar-refractivity contribution in [3.8, 4) is 0 Å². The van der Waals surface area contributed by atoms with Crippen LogP contribution in [0.4, 0.5) is 8.78 Å². The van der Waals surface area contributed by atoms with Crippen molar-refractivity contribution in [3.05, 3.63) is 17.7 Å². The minimum Gasteiger partial charge on any atom is -0.381 e. The Kier molecular flexibility index (Phi) is 4.96. The van der Waals surface area contributed by atoms with E-state index in [1.807, 2.05) is 0 Å². The molecule has 1 unspecified atom stereocenters. The standard InChI is InChI=1S/C18H26F2N4O2/c19-18(20)3-6-23(7-4-18)17(25)15-12-24-9-8-22(5-1-16(24)21-15)11-14-2-10-26-13-14/h12,14H,1-11,13H2. The average molecular weight is 368 g/mol. The predicted octanol–water partition coefficient (Wildman–Crippen LogP) is 1.65. The molecule has 2 fully saturated rings. The second kappa shape index (κ2) is 7.23. The highest BCUT2D eigenvalue weighted by atomic mass is 19.3. The third kappa shape index (κ3) is 3.91. The van der Waals surface area contributed by atoms with E-state index in [0.29, 0.717) is 11.6 Å². The molecule has 0 bridgehead atoms. The number of nitrogens with zero attached hydrogens (tertiary/aromatic N) is 4. The highest BCUT2D eigenvalue weighted by molar-refractivity contribution is 5.92. The van der Waals surface area contributed by atoms with Crippen LogP contribution in [0.25, 0.3) is 0 Å². The molecule has 8 heteroatoms. The molecule has 1 atom stereocenters. The van der Waals surface area contributed by atoms with E-state index in [2.05, 4.69) is 14.5 Å². The van der Waals surface area contributed by atoms with Gasteiger partial charge in [-0.2, -0.15) is 0 Å². The topological polar surface area (TPSA) is 50.6 Å². The Labute approximate surface area is 152 Å². The summed E-state index contributed by atoms with van der Waals surface area (Å²) < 4.78 is 34.1. The maximum absolute atomic E-state index is 13.3. The van der Waals surface area contributed by atoms with Crippen molar-refractivity contribution in [3.63, 3.8) is 0 Å². The van der Waals surface area contributed by atoms with Crippen LogP contribution < -0.4 is 0 Å². The molecule has 0 N–H and O–H groups in total. The van der Waals surface area contributed by atoms with Gasteiger partial charge < -0.3 is 19.1 Å². The van der Waals surface area contributed by atoms with Crippen LogP contribution in [0, 0.1) is 5.92 Å². The Bertz CT molecular complexity index is 622. The molecule has 1 aromatic heterocycles. The molecule has 1 amide bonds. The first-order valence-electron chi connectivity index (χ1n) is 9.53. The molecule has 0 aliphatic carbocycles. The van der Waals surface area contributed by atoms with Gasteiger partial charge in [0.15, 0.2) is 0 Å². The maximum Gasteiger partial charge on any atom is 0.274 e. The Morgan fingerprint density at radius 2 is 2.04 bits per heavy atom. The van der Waals surface area contributed by atoms with E-state index < -0.39 is 5.92 Å². The number of fused-ring (bicyclic) bond motifs is 1. The number of imidazole rings is 1. The number of amides is 1. The van der Waals surface area contributed by atoms with Crippen LogP contribution in [0.3, 0.4) is 0 Å². The number of likely N-dealkylation sites (tertiary alicyclic amines) is 1. The Morgan fingerprint density at radius 1 is 1.23 bits per heavy atom. The highest BCUT2D eigenvalue weighted by Crippen LogP contribution is 2.28. The van der Waals surface area contributed by atoms with E-state index in [9.17, 15) is 13.6 Å². The van der Waals surface area contributed by atoms with Crippen molar-refractivity contribution in [1.82, 2.24) is 19.4 Å². The fourth-order valence-electron chi connectivity index (χ4n) is 4.04. The van der Waals surface area contributed by atoms with E-state index in [1.165, 1.54) is 4.90 Å². The quantitative estimate of drug-likeness (QED) is 0.814. The van der Waals surface area contributed by atoms with Gasteiger partial charge in [-0.15, -0.1) is 0 Å². The number of alkyl halides is 2. The van der Waals surface area contributed by atoms with Gasteiger partial charge in [0, 0.05) is 71.3 Å². The molecule has 1 aromatic rings. The zero-order valence-corrected chi connectivity index (χ0v) is 15.0. The molecular weight excluding hydrogens is 342 g/mol. The van der Waals surface area contributed by atoms with Gasteiger partial charge in [-0.3, -0.25) is 4.79 Å². The second-order valence-electron chi connectivity index (χ2n) is 7.66. The third-order valence-corrected chi connectivity index (χ3v) is 5.71. The van der Waals surface area contributed by atoms with Gasteiger partial charge in [-0.25, -0.2) is 13.8 Å².